The van der Waals surface area contributed by atoms with E-state index in [0.717, 1.165) is 6.92 Å². The minimum Gasteiger partial charge on any atom is -0.450 e. The molecule has 0 aliphatic rings. The number of hydrogen-bond acceptors (Lipinski definition) is 3. The maximum atomic E-state index is 12.4. The van der Waals surface area contributed by atoms with Crippen LogP contribution in [0.4, 0.5) is 18.0 Å². The second-order valence-corrected chi connectivity index (χ2v) is 4.11. The van der Waals surface area contributed by atoms with Gasteiger partial charge in [0.25, 0.3) is 0 Å². The first-order valence-electron chi connectivity index (χ1n) is 5.09. The summed E-state index contributed by atoms with van der Waals surface area (Å²) >= 11 is 0. The molecule has 0 aromatic carbocycles. The molecule has 1 heterocycles. The number of nitrogens with zero attached hydrogens (tertiary/aromatic N) is 1. The van der Waals surface area contributed by atoms with E-state index in [1.807, 2.05) is 0 Å². The van der Waals surface area contributed by atoms with Crippen LogP contribution in [-0.4, -0.2) is 28.0 Å². The molecule has 1 rings (SSSR count). The minimum absolute atomic E-state index is 0.236. The van der Waals surface area contributed by atoms with Gasteiger partial charge in [0.2, 0.25) is 0 Å². The van der Waals surface area contributed by atoms with Gasteiger partial charge in [-0.1, -0.05) is 6.07 Å². The number of halogens is 3. The van der Waals surface area contributed by atoms with Gasteiger partial charge in [-0.05, 0) is 19.1 Å². The molecule has 0 bridgehead atoms. The zero-order valence-corrected chi connectivity index (χ0v) is 9.57. The fourth-order valence-electron chi connectivity index (χ4n) is 1.66. The molecule has 1 aromatic heterocycles. The molecule has 0 amide bonds. The Morgan fingerprint density at radius 3 is 2.56 bits per heavy atom. The van der Waals surface area contributed by atoms with Gasteiger partial charge in [0, 0.05) is 18.3 Å². The summed E-state index contributed by atoms with van der Waals surface area (Å²) in [5, 5.41) is 8.51. The number of carbonyl (C=O) groups is 1. The molecule has 0 radical (unpaired) electrons. The van der Waals surface area contributed by atoms with Crippen molar-refractivity contribution in [2.45, 2.75) is 31.5 Å². The van der Waals surface area contributed by atoms with E-state index >= 15 is 0 Å². The first-order chi connectivity index (χ1) is 8.20. The Labute approximate surface area is 101 Å². The Morgan fingerprint density at radius 1 is 1.44 bits per heavy atom. The molecule has 0 fully saturated rings. The lowest BCUT2D eigenvalue weighted by molar-refractivity contribution is -0.175. The summed E-state index contributed by atoms with van der Waals surface area (Å²) in [6.07, 6.45) is -6.43. The number of rotatable bonds is 4. The molecule has 0 spiro atoms. The van der Waals surface area contributed by atoms with E-state index in [9.17, 15) is 18.0 Å². The van der Waals surface area contributed by atoms with Crippen LogP contribution in [0.1, 0.15) is 19.0 Å². The van der Waals surface area contributed by atoms with Gasteiger partial charge in [-0.3, -0.25) is 4.98 Å². The van der Waals surface area contributed by atoms with Crippen molar-refractivity contribution in [3.8, 4) is 0 Å². The first-order valence-corrected chi connectivity index (χ1v) is 5.09. The fraction of sp³-hybridized carbons (Fsp3) is 0.455. The van der Waals surface area contributed by atoms with E-state index in [1.165, 1.54) is 12.3 Å². The first kappa shape index (κ1) is 14.3. The van der Waals surface area contributed by atoms with Gasteiger partial charge in [-0.25, -0.2) is 4.79 Å². The van der Waals surface area contributed by atoms with Crippen LogP contribution in [0.5, 0.6) is 0 Å². The molecule has 1 N–H and O–H groups in total. The second-order valence-electron chi connectivity index (χ2n) is 4.11. The van der Waals surface area contributed by atoms with Crippen LogP contribution in [0.3, 0.4) is 0 Å². The fourth-order valence-corrected chi connectivity index (χ4v) is 1.66. The number of hydrogen-bond donors (Lipinski definition) is 1. The van der Waals surface area contributed by atoms with Crippen LogP contribution in [0.15, 0.2) is 24.4 Å². The monoisotopic (exact) mass is 263 g/mol. The van der Waals surface area contributed by atoms with E-state index in [0.29, 0.717) is 5.69 Å². The zero-order valence-electron chi connectivity index (χ0n) is 9.57. The smallest absolute Gasteiger partial charge is 0.450 e. The molecule has 0 saturated carbocycles. The molecule has 0 aliphatic carbocycles. The number of ether oxygens (including phenoxy) is 1. The highest BCUT2D eigenvalue weighted by molar-refractivity contribution is 5.57. The van der Waals surface area contributed by atoms with E-state index in [4.69, 9.17) is 5.11 Å². The number of aromatic nitrogens is 1. The molecule has 0 saturated heterocycles. The summed E-state index contributed by atoms with van der Waals surface area (Å²) in [7, 11) is 0. The van der Waals surface area contributed by atoms with E-state index < -0.39 is 24.4 Å². The Bertz CT molecular complexity index is 408. The Balaban J connectivity index is 2.87. The highest BCUT2D eigenvalue weighted by Crippen LogP contribution is 2.32. The van der Waals surface area contributed by atoms with E-state index in [2.05, 4.69) is 9.72 Å². The minimum atomic E-state index is -4.51. The molecule has 0 aliphatic heterocycles. The molecular formula is C11H12F3NO3. The predicted octanol–water partition coefficient (Wildman–Crippen LogP) is 3.03. The summed E-state index contributed by atoms with van der Waals surface area (Å²) in [4.78, 5) is 14.3. The normalized spacial score (nSPS) is 14.9. The van der Waals surface area contributed by atoms with Crippen LogP contribution < -0.4 is 0 Å². The maximum Gasteiger partial charge on any atom is 0.506 e. The number of carboxylic acid groups (broad SMARTS) is 1. The van der Waals surface area contributed by atoms with Gasteiger partial charge in [0.15, 0.2) is 0 Å². The van der Waals surface area contributed by atoms with Crippen molar-refractivity contribution < 1.29 is 27.8 Å². The third-order valence-electron chi connectivity index (χ3n) is 2.19. The van der Waals surface area contributed by atoms with E-state index in [1.54, 1.807) is 12.1 Å². The standard InChI is InChI=1S/C11H12F3NO3/c1-10(18-9(16)17,7-11(12,13)14)6-8-4-2-3-5-15-8/h2-5H,6-7H2,1H3,(H,16,17). The molecular weight excluding hydrogens is 251 g/mol. The SMILES string of the molecule is CC(Cc1ccccn1)(CC(F)(F)F)OC(=O)O. The lowest BCUT2D eigenvalue weighted by atomic mass is 9.95. The Kier molecular flexibility index (Phi) is 4.15. The summed E-state index contributed by atoms with van der Waals surface area (Å²) in [6, 6.07) is 4.74. The van der Waals surface area contributed by atoms with Crippen LogP contribution in [0.2, 0.25) is 0 Å². The summed E-state index contributed by atoms with van der Waals surface area (Å²) < 4.78 is 41.6. The predicted molar refractivity (Wildman–Crippen MR) is 56.1 cm³/mol. The average Bonchev–Trinajstić information content (AvgIpc) is 2.13. The van der Waals surface area contributed by atoms with Crippen molar-refractivity contribution in [3.05, 3.63) is 30.1 Å². The van der Waals surface area contributed by atoms with Crippen LogP contribution in [-0.2, 0) is 11.2 Å². The maximum absolute atomic E-state index is 12.4. The molecule has 4 nitrogen and oxygen atoms in total. The quantitative estimate of drug-likeness (QED) is 0.848. The second kappa shape index (κ2) is 5.24. The van der Waals surface area contributed by atoms with Crippen molar-refractivity contribution in [1.29, 1.82) is 0 Å². The van der Waals surface area contributed by atoms with Crippen LogP contribution >= 0.6 is 0 Å². The number of alkyl halides is 3. The summed E-state index contributed by atoms with van der Waals surface area (Å²) in [5.74, 6) is 0. The third kappa shape index (κ3) is 5.03. The molecule has 100 valence electrons. The molecule has 1 unspecified atom stereocenters. The highest BCUT2D eigenvalue weighted by Gasteiger charge is 2.42. The van der Waals surface area contributed by atoms with Gasteiger partial charge < -0.3 is 9.84 Å². The average molecular weight is 263 g/mol. The summed E-state index contributed by atoms with van der Waals surface area (Å²) in [5.41, 5.74) is -1.54. The van der Waals surface area contributed by atoms with Crippen molar-refractivity contribution in [3.63, 3.8) is 0 Å². The number of pyridine rings is 1. The van der Waals surface area contributed by atoms with Gasteiger partial charge in [-0.2, -0.15) is 13.2 Å². The molecule has 7 heteroatoms. The van der Waals surface area contributed by atoms with Crippen molar-refractivity contribution in [2.75, 3.05) is 0 Å². The Hall–Kier alpha value is -1.79. The largest absolute Gasteiger partial charge is 0.506 e. The van der Waals surface area contributed by atoms with Crippen LogP contribution in [0, 0.1) is 0 Å². The van der Waals surface area contributed by atoms with Gasteiger partial charge >= 0.3 is 12.3 Å². The molecule has 1 aromatic rings. The highest BCUT2D eigenvalue weighted by atomic mass is 19.4. The summed E-state index contributed by atoms with van der Waals surface area (Å²) in [6.45, 7) is 1.10. The Morgan fingerprint density at radius 2 is 2.11 bits per heavy atom. The molecule has 18 heavy (non-hydrogen) atoms. The van der Waals surface area contributed by atoms with Crippen LogP contribution in [0.25, 0.3) is 0 Å². The third-order valence-corrected chi connectivity index (χ3v) is 2.19. The van der Waals surface area contributed by atoms with E-state index in [-0.39, 0.29) is 6.42 Å². The lowest BCUT2D eigenvalue weighted by Crippen LogP contribution is -2.38. The zero-order chi connectivity index (χ0) is 13.8. The van der Waals surface area contributed by atoms with Gasteiger partial charge in [0.05, 0.1) is 6.42 Å². The van der Waals surface area contributed by atoms with Crippen molar-refractivity contribution in [1.82, 2.24) is 4.98 Å². The van der Waals surface area contributed by atoms with Crippen molar-refractivity contribution >= 4 is 6.16 Å². The molecule has 1 atom stereocenters. The van der Waals surface area contributed by atoms with Gasteiger partial charge in [-0.15, -0.1) is 0 Å². The topological polar surface area (TPSA) is 59.4 Å². The lowest BCUT2D eigenvalue weighted by Gasteiger charge is -2.28. The van der Waals surface area contributed by atoms with Crippen molar-refractivity contribution in [2.24, 2.45) is 0 Å². The van der Waals surface area contributed by atoms with Gasteiger partial charge in [0.1, 0.15) is 5.60 Å².